The van der Waals surface area contributed by atoms with Gasteiger partial charge in [0.05, 0.1) is 12.1 Å². The Morgan fingerprint density at radius 3 is 2.55 bits per heavy atom. The summed E-state index contributed by atoms with van der Waals surface area (Å²) in [4.78, 5) is 6.95. The van der Waals surface area contributed by atoms with Crippen LogP contribution >= 0.6 is 47.2 Å². The largest absolute Gasteiger partial charge is 0.495 e. The third-order valence-corrected chi connectivity index (χ3v) is 5.67. The lowest BCUT2D eigenvalue weighted by Crippen LogP contribution is -2.34. The Morgan fingerprint density at radius 2 is 1.90 bits per heavy atom. The van der Waals surface area contributed by atoms with Gasteiger partial charge in [0.15, 0.2) is 5.96 Å². The summed E-state index contributed by atoms with van der Waals surface area (Å²) in [7, 11) is 1.59. The number of nitrogens with two attached hydrogens (primary N) is 1. The predicted octanol–water partition coefficient (Wildman–Crippen LogP) is 5.26. The topological polar surface area (TPSA) is 62.9 Å². The molecule has 0 bridgehead atoms. The molecule has 0 aliphatic carbocycles. The van der Waals surface area contributed by atoms with Crippen molar-refractivity contribution < 1.29 is 4.74 Å². The van der Waals surface area contributed by atoms with E-state index in [1.165, 1.54) is 5.56 Å². The zero-order valence-electron chi connectivity index (χ0n) is 16.4. The van der Waals surface area contributed by atoms with E-state index < -0.39 is 0 Å². The fraction of sp³-hybridized carbons (Fsp3) is 0.381. The fourth-order valence-corrected chi connectivity index (χ4v) is 3.81. The van der Waals surface area contributed by atoms with Crippen molar-refractivity contribution in [2.75, 3.05) is 32.1 Å². The highest BCUT2D eigenvalue weighted by molar-refractivity contribution is 14.0. The van der Waals surface area contributed by atoms with Crippen molar-refractivity contribution in [2.45, 2.75) is 19.4 Å². The average Bonchev–Trinajstić information content (AvgIpc) is 2.69. The monoisotopic (exact) mass is 548 g/mol. The summed E-state index contributed by atoms with van der Waals surface area (Å²) in [6, 6.07) is 13.5. The maximum atomic E-state index is 6.27. The first-order chi connectivity index (χ1) is 13.5. The molecule has 2 aromatic rings. The van der Waals surface area contributed by atoms with Gasteiger partial charge in [0.2, 0.25) is 0 Å². The Hall–Kier alpha value is -1.22. The Labute approximate surface area is 199 Å². The predicted molar refractivity (Wildman–Crippen MR) is 133 cm³/mol. The van der Waals surface area contributed by atoms with E-state index in [4.69, 9.17) is 33.7 Å². The summed E-state index contributed by atoms with van der Waals surface area (Å²) in [5.41, 5.74) is 8.01. The summed E-state index contributed by atoms with van der Waals surface area (Å²) >= 11 is 12.4. The number of hydrogen-bond donors (Lipinski definition) is 2. The number of aliphatic imine (C=N–C) groups is 1. The zero-order chi connectivity index (χ0) is 19.9. The highest BCUT2D eigenvalue weighted by Gasteiger charge is 2.19. The van der Waals surface area contributed by atoms with Gasteiger partial charge in [-0.2, -0.15) is 0 Å². The molecule has 1 heterocycles. The van der Waals surface area contributed by atoms with Crippen molar-refractivity contribution in [3.05, 3.63) is 58.1 Å². The normalized spacial score (nSPS) is 15.6. The SMILES string of the molecule is COc1ccc(NC(N)=NCC2CCN(Cc3ccccc3Cl)CC2)cc1Cl.I. The molecule has 8 heteroatoms. The number of nitrogens with zero attached hydrogens (tertiary/aromatic N) is 2. The van der Waals surface area contributed by atoms with Crippen LogP contribution in [0.5, 0.6) is 5.75 Å². The number of ether oxygens (including phenoxy) is 1. The van der Waals surface area contributed by atoms with Crippen LogP contribution in [0.25, 0.3) is 0 Å². The van der Waals surface area contributed by atoms with E-state index >= 15 is 0 Å². The summed E-state index contributed by atoms with van der Waals surface area (Å²) in [6.45, 7) is 3.72. The van der Waals surface area contributed by atoms with Crippen LogP contribution in [0.4, 0.5) is 5.69 Å². The van der Waals surface area contributed by atoms with Gasteiger partial charge in [-0.25, -0.2) is 0 Å². The van der Waals surface area contributed by atoms with Gasteiger partial charge >= 0.3 is 0 Å². The second-order valence-corrected chi connectivity index (χ2v) is 7.83. The van der Waals surface area contributed by atoms with Gasteiger partial charge in [-0.3, -0.25) is 9.89 Å². The molecule has 5 nitrogen and oxygen atoms in total. The number of likely N-dealkylation sites (tertiary alicyclic amines) is 1. The number of piperidine rings is 1. The third-order valence-electron chi connectivity index (χ3n) is 5.00. The number of guanidine groups is 1. The number of hydrogen-bond acceptors (Lipinski definition) is 3. The van der Waals surface area contributed by atoms with Crippen LogP contribution in [0, 0.1) is 5.92 Å². The van der Waals surface area contributed by atoms with E-state index in [-0.39, 0.29) is 24.0 Å². The average molecular weight is 549 g/mol. The first kappa shape index (κ1) is 24.1. The third kappa shape index (κ3) is 7.20. The number of anilines is 1. The molecule has 158 valence electrons. The lowest BCUT2D eigenvalue weighted by molar-refractivity contribution is 0.180. The van der Waals surface area contributed by atoms with Gasteiger partial charge in [-0.15, -0.1) is 24.0 Å². The molecule has 2 aromatic carbocycles. The van der Waals surface area contributed by atoms with E-state index in [0.29, 0.717) is 22.6 Å². The minimum Gasteiger partial charge on any atom is -0.495 e. The van der Waals surface area contributed by atoms with Crippen LogP contribution in [0.2, 0.25) is 10.0 Å². The minimum absolute atomic E-state index is 0. The van der Waals surface area contributed by atoms with Gasteiger partial charge in [0, 0.05) is 23.8 Å². The number of rotatable bonds is 6. The van der Waals surface area contributed by atoms with E-state index in [1.807, 2.05) is 24.3 Å². The Morgan fingerprint density at radius 1 is 1.17 bits per heavy atom. The van der Waals surface area contributed by atoms with Crippen molar-refractivity contribution in [1.82, 2.24) is 4.90 Å². The number of methoxy groups -OCH3 is 1. The van der Waals surface area contributed by atoms with Crippen LogP contribution in [-0.2, 0) is 6.54 Å². The molecule has 29 heavy (non-hydrogen) atoms. The molecule has 1 fully saturated rings. The molecule has 0 radical (unpaired) electrons. The van der Waals surface area contributed by atoms with E-state index in [9.17, 15) is 0 Å². The zero-order valence-corrected chi connectivity index (χ0v) is 20.2. The standard InChI is InChI=1S/C21H26Cl2N4O.HI/c1-28-20-7-6-17(12-19(20)23)26-21(24)25-13-15-8-10-27(11-9-15)14-16-4-2-3-5-18(16)22;/h2-7,12,15H,8-11,13-14H2,1H3,(H3,24,25,26);1H. The second kappa shape index (κ2) is 11.8. The molecule has 0 aromatic heterocycles. The maximum absolute atomic E-state index is 6.27. The Bertz CT molecular complexity index is 826. The smallest absolute Gasteiger partial charge is 0.193 e. The molecule has 0 saturated carbocycles. The highest BCUT2D eigenvalue weighted by Crippen LogP contribution is 2.27. The lowest BCUT2D eigenvalue weighted by Gasteiger charge is -2.31. The van der Waals surface area contributed by atoms with Crippen molar-refractivity contribution >= 4 is 58.8 Å². The van der Waals surface area contributed by atoms with Crippen molar-refractivity contribution in [3.8, 4) is 5.75 Å². The highest BCUT2D eigenvalue weighted by atomic mass is 127. The van der Waals surface area contributed by atoms with Gasteiger partial charge in [0.1, 0.15) is 5.75 Å². The second-order valence-electron chi connectivity index (χ2n) is 7.01. The van der Waals surface area contributed by atoms with Crippen LogP contribution < -0.4 is 15.8 Å². The molecule has 0 atom stereocenters. The van der Waals surface area contributed by atoms with Crippen molar-refractivity contribution in [3.63, 3.8) is 0 Å². The van der Waals surface area contributed by atoms with Gasteiger partial charge in [-0.05, 0) is 61.7 Å². The molecular weight excluding hydrogens is 522 g/mol. The molecule has 3 N–H and O–H groups in total. The fourth-order valence-electron chi connectivity index (χ4n) is 3.35. The summed E-state index contributed by atoms with van der Waals surface area (Å²) in [5, 5.41) is 4.46. The number of halogens is 3. The van der Waals surface area contributed by atoms with E-state index in [0.717, 1.165) is 49.7 Å². The molecule has 0 unspecified atom stereocenters. The molecule has 3 rings (SSSR count). The molecule has 1 aliphatic rings. The summed E-state index contributed by atoms with van der Waals surface area (Å²) in [6.07, 6.45) is 2.21. The Kier molecular flexibility index (Phi) is 9.82. The molecule has 0 spiro atoms. The summed E-state index contributed by atoms with van der Waals surface area (Å²) < 4.78 is 5.15. The quantitative estimate of drug-likeness (QED) is 0.294. The first-order valence-corrected chi connectivity index (χ1v) is 10.2. The van der Waals surface area contributed by atoms with E-state index in [2.05, 4.69) is 21.3 Å². The molecule has 1 saturated heterocycles. The van der Waals surface area contributed by atoms with Crippen LogP contribution in [0.1, 0.15) is 18.4 Å². The van der Waals surface area contributed by atoms with Crippen LogP contribution in [-0.4, -0.2) is 37.6 Å². The van der Waals surface area contributed by atoms with Gasteiger partial charge in [0.25, 0.3) is 0 Å². The summed E-state index contributed by atoms with van der Waals surface area (Å²) in [5.74, 6) is 1.58. The van der Waals surface area contributed by atoms with E-state index in [1.54, 1.807) is 19.2 Å². The van der Waals surface area contributed by atoms with Gasteiger partial charge in [-0.1, -0.05) is 41.4 Å². The number of benzene rings is 2. The van der Waals surface area contributed by atoms with Crippen molar-refractivity contribution in [1.29, 1.82) is 0 Å². The molecule has 0 amide bonds. The molecular formula is C21H27Cl2IN4O. The van der Waals surface area contributed by atoms with Gasteiger partial charge < -0.3 is 15.8 Å². The molecule has 1 aliphatic heterocycles. The van der Waals surface area contributed by atoms with Crippen LogP contribution in [0.3, 0.4) is 0 Å². The lowest BCUT2D eigenvalue weighted by atomic mass is 9.96. The minimum atomic E-state index is 0. The first-order valence-electron chi connectivity index (χ1n) is 9.41. The maximum Gasteiger partial charge on any atom is 0.193 e. The Balaban J connectivity index is 0.00000300. The number of nitrogens with one attached hydrogen (secondary N) is 1. The van der Waals surface area contributed by atoms with Crippen LogP contribution in [0.15, 0.2) is 47.5 Å². The van der Waals surface area contributed by atoms with Crippen molar-refractivity contribution in [2.24, 2.45) is 16.6 Å².